The van der Waals surface area contributed by atoms with Crippen molar-refractivity contribution >= 4 is 23.1 Å². The molecular formula is C40H33N3O2S. The molecule has 1 aliphatic carbocycles. The number of ether oxygens (including phenoxy) is 1. The standard InChI is InChI=1S/C40H33N3O2S/c1-25-23-31(26(2)42(25)32-18-13-28(14-19-32)27-9-5-4-6-10-27)24-36-39(44)43-38(30-15-20-33(45-3)21-16-30)35-22-17-29-11-7-8-12-34(29)37(35)41-40(43)46-36/h4-16,18-21,23-24,38H,17,22H2,1-3H3/b36-24-/t38-/m1/s1. The van der Waals surface area contributed by atoms with Gasteiger partial charge in [0.2, 0.25) is 0 Å². The second kappa shape index (κ2) is 11.3. The van der Waals surface area contributed by atoms with Crippen molar-refractivity contribution in [3.63, 3.8) is 0 Å². The lowest BCUT2D eigenvalue weighted by Crippen LogP contribution is -2.38. The Morgan fingerprint density at radius 1 is 0.848 bits per heavy atom. The van der Waals surface area contributed by atoms with Gasteiger partial charge in [-0.25, -0.2) is 4.99 Å². The summed E-state index contributed by atoms with van der Waals surface area (Å²) in [5, 5.41) is 0. The first kappa shape index (κ1) is 28.3. The maximum absolute atomic E-state index is 14.3. The third kappa shape index (κ3) is 4.68. The molecule has 5 nitrogen and oxygen atoms in total. The summed E-state index contributed by atoms with van der Waals surface area (Å²) in [4.78, 5) is 20.2. The predicted molar refractivity (Wildman–Crippen MR) is 186 cm³/mol. The van der Waals surface area contributed by atoms with E-state index in [9.17, 15) is 4.79 Å². The maximum Gasteiger partial charge on any atom is 0.271 e. The van der Waals surface area contributed by atoms with E-state index in [-0.39, 0.29) is 11.6 Å². The van der Waals surface area contributed by atoms with Crippen molar-refractivity contribution in [3.05, 3.63) is 168 Å². The number of aromatic nitrogens is 2. The number of hydrogen-bond donors (Lipinski definition) is 0. The first-order valence-electron chi connectivity index (χ1n) is 15.6. The summed E-state index contributed by atoms with van der Waals surface area (Å²) >= 11 is 1.47. The molecule has 1 aliphatic heterocycles. The van der Waals surface area contributed by atoms with E-state index >= 15 is 0 Å². The van der Waals surface area contributed by atoms with E-state index in [2.05, 4.69) is 109 Å². The number of nitrogens with zero attached hydrogens (tertiary/aromatic N) is 3. The fraction of sp³-hybridized carbons (Fsp3) is 0.150. The van der Waals surface area contributed by atoms with E-state index in [1.165, 1.54) is 39.2 Å². The van der Waals surface area contributed by atoms with E-state index in [0.29, 0.717) is 4.53 Å². The summed E-state index contributed by atoms with van der Waals surface area (Å²) < 4.78 is 10.3. The van der Waals surface area contributed by atoms with Gasteiger partial charge in [0.25, 0.3) is 5.56 Å². The molecule has 2 aliphatic rings. The van der Waals surface area contributed by atoms with Crippen molar-refractivity contribution in [2.75, 3.05) is 7.11 Å². The monoisotopic (exact) mass is 619 g/mol. The number of rotatable bonds is 5. The van der Waals surface area contributed by atoms with Crippen LogP contribution in [0.1, 0.15) is 46.1 Å². The fourth-order valence-corrected chi connectivity index (χ4v) is 8.01. The summed E-state index contributed by atoms with van der Waals surface area (Å²) in [6.45, 7) is 4.24. The highest BCUT2D eigenvalue weighted by atomic mass is 32.1. The molecule has 0 amide bonds. The Balaban J connectivity index is 1.25. The number of aryl methyl sites for hydroxylation is 2. The molecule has 0 saturated heterocycles. The topological polar surface area (TPSA) is 48.5 Å². The molecule has 8 rings (SSSR count). The molecule has 6 aromatic rings. The van der Waals surface area contributed by atoms with Gasteiger partial charge < -0.3 is 9.30 Å². The van der Waals surface area contributed by atoms with Gasteiger partial charge >= 0.3 is 0 Å². The molecule has 0 unspecified atom stereocenters. The fourth-order valence-electron chi connectivity index (χ4n) is 7.01. The third-order valence-electron chi connectivity index (χ3n) is 9.29. The number of methoxy groups -OCH3 is 1. The zero-order valence-corrected chi connectivity index (χ0v) is 26.8. The van der Waals surface area contributed by atoms with Gasteiger partial charge in [-0.1, -0.05) is 90.2 Å². The van der Waals surface area contributed by atoms with E-state index < -0.39 is 0 Å². The van der Waals surface area contributed by atoms with Crippen LogP contribution in [0.4, 0.5) is 0 Å². The molecule has 46 heavy (non-hydrogen) atoms. The lowest BCUT2D eigenvalue weighted by atomic mass is 9.83. The highest BCUT2D eigenvalue weighted by Gasteiger charge is 2.32. The second-order valence-electron chi connectivity index (χ2n) is 12.0. The lowest BCUT2D eigenvalue weighted by Gasteiger charge is -2.30. The third-order valence-corrected chi connectivity index (χ3v) is 10.3. The SMILES string of the molecule is COc1ccc([C@@H]2C3=C(N=c4s/c(=C\c5cc(C)n(-c6ccc(-c7ccccc7)cc6)c5C)c(=O)n42)c2ccccc2CC3)cc1. The van der Waals surface area contributed by atoms with E-state index in [1.54, 1.807) is 7.11 Å². The summed E-state index contributed by atoms with van der Waals surface area (Å²) in [6, 6.07) is 37.7. The minimum Gasteiger partial charge on any atom is -0.497 e. The number of hydrogen-bond acceptors (Lipinski definition) is 4. The number of allylic oxidation sites excluding steroid dienone is 1. The van der Waals surface area contributed by atoms with Gasteiger partial charge in [-0.15, -0.1) is 0 Å². The zero-order valence-electron chi connectivity index (χ0n) is 26.0. The zero-order chi connectivity index (χ0) is 31.4. The minimum absolute atomic E-state index is 0.00741. The molecule has 6 heteroatoms. The molecule has 4 aromatic carbocycles. The summed E-state index contributed by atoms with van der Waals surface area (Å²) in [7, 11) is 1.67. The first-order valence-corrected chi connectivity index (χ1v) is 16.4. The van der Waals surface area contributed by atoms with Gasteiger partial charge in [0.05, 0.1) is 23.4 Å². The quantitative estimate of drug-likeness (QED) is 0.202. The van der Waals surface area contributed by atoms with Crippen LogP contribution in [0.5, 0.6) is 5.75 Å². The molecule has 2 aromatic heterocycles. The summed E-state index contributed by atoms with van der Waals surface area (Å²) in [5.41, 5.74) is 12.5. The Morgan fingerprint density at radius 3 is 2.33 bits per heavy atom. The maximum atomic E-state index is 14.3. The first-order chi connectivity index (χ1) is 22.5. The van der Waals surface area contributed by atoms with Crippen LogP contribution in [0.2, 0.25) is 0 Å². The summed E-state index contributed by atoms with van der Waals surface area (Å²) in [6.07, 6.45) is 3.84. The molecule has 1 atom stereocenters. The molecule has 0 bridgehead atoms. The molecule has 3 heterocycles. The van der Waals surface area contributed by atoms with Crippen LogP contribution in [0.15, 0.2) is 125 Å². The number of benzene rings is 4. The number of thiazole rings is 1. The van der Waals surface area contributed by atoms with Crippen LogP contribution < -0.4 is 19.6 Å². The van der Waals surface area contributed by atoms with Gasteiger partial charge in [-0.05, 0) is 96.5 Å². The van der Waals surface area contributed by atoms with Crippen molar-refractivity contribution in [3.8, 4) is 22.6 Å². The Bertz CT molecular complexity index is 2320. The Kier molecular flexibility index (Phi) is 6.95. The molecule has 0 N–H and O–H groups in total. The highest BCUT2D eigenvalue weighted by Crippen LogP contribution is 2.41. The molecule has 226 valence electrons. The smallest absolute Gasteiger partial charge is 0.271 e. The van der Waals surface area contributed by atoms with Crippen molar-refractivity contribution < 1.29 is 4.74 Å². The van der Waals surface area contributed by atoms with E-state index in [0.717, 1.165) is 57.3 Å². The van der Waals surface area contributed by atoms with E-state index in [1.807, 2.05) is 28.8 Å². The average molecular weight is 620 g/mol. The lowest BCUT2D eigenvalue weighted by molar-refractivity contribution is 0.414. The van der Waals surface area contributed by atoms with Gasteiger partial charge in [-0.2, -0.15) is 0 Å². The highest BCUT2D eigenvalue weighted by molar-refractivity contribution is 7.07. The van der Waals surface area contributed by atoms with Crippen LogP contribution in [-0.2, 0) is 6.42 Å². The van der Waals surface area contributed by atoms with Gasteiger partial charge in [0, 0.05) is 22.6 Å². The van der Waals surface area contributed by atoms with Crippen LogP contribution in [-0.4, -0.2) is 16.2 Å². The number of fused-ring (bicyclic) bond motifs is 3. The average Bonchev–Trinajstić information content (AvgIpc) is 3.57. The van der Waals surface area contributed by atoms with Crippen molar-refractivity contribution in [2.45, 2.75) is 32.7 Å². The van der Waals surface area contributed by atoms with Gasteiger partial charge in [0.15, 0.2) is 4.80 Å². The van der Waals surface area contributed by atoms with Gasteiger partial charge in [-0.3, -0.25) is 9.36 Å². The van der Waals surface area contributed by atoms with Crippen molar-refractivity contribution in [2.24, 2.45) is 4.99 Å². The van der Waals surface area contributed by atoms with Crippen molar-refractivity contribution in [1.82, 2.24) is 9.13 Å². The van der Waals surface area contributed by atoms with E-state index in [4.69, 9.17) is 9.73 Å². The largest absolute Gasteiger partial charge is 0.497 e. The van der Waals surface area contributed by atoms with Crippen LogP contribution in [0.3, 0.4) is 0 Å². The van der Waals surface area contributed by atoms with Crippen LogP contribution >= 0.6 is 11.3 Å². The molecule has 0 saturated carbocycles. The van der Waals surface area contributed by atoms with Crippen molar-refractivity contribution in [1.29, 1.82) is 0 Å². The Hall–Kier alpha value is -5.20. The molecule has 0 radical (unpaired) electrons. The Morgan fingerprint density at radius 2 is 1.57 bits per heavy atom. The van der Waals surface area contributed by atoms with Gasteiger partial charge in [0.1, 0.15) is 5.75 Å². The second-order valence-corrected chi connectivity index (χ2v) is 13.0. The Labute approximate surface area is 271 Å². The van der Waals surface area contributed by atoms with Crippen LogP contribution in [0, 0.1) is 13.8 Å². The molecular weight excluding hydrogens is 587 g/mol. The molecule has 0 spiro atoms. The predicted octanol–water partition coefficient (Wildman–Crippen LogP) is 7.40. The van der Waals surface area contributed by atoms with Crippen LogP contribution in [0.25, 0.3) is 28.6 Å². The summed E-state index contributed by atoms with van der Waals surface area (Å²) in [5.74, 6) is 0.796. The normalized spacial score (nSPS) is 15.6. The molecule has 0 fully saturated rings. The minimum atomic E-state index is -0.219.